The van der Waals surface area contributed by atoms with Crippen molar-refractivity contribution in [2.45, 2.75) is 32.2 Å². The van der Waals surface area contributed by atoms with E-state index in [0.717, 1.165) is 36.8 Å². The minimum Gasteiger partial charge on any atom is -0.493 e. The number of nitrogens with zero attached hydrogens (tertiary/aromatic N) is 1. The van der Waals surface area contributed by atoms with Crippen LogP contribution in [-0.2, 0) is 11.3 Å². The van der Waals surface area contributed by atoms with E-state index in [0.29, 0.717) is 23.5 Å². The summed E-state index contributed by atoms with van der Waals surface area (Å²) in [7, 11) is 5.22. The molecular formula is C24H34IN3O3. The van der Waals surface area contributed by atoms with E-state index in [2.05, 4.69) is 27.8 Å². The second kappa shape index (κ2) is 12.8. The lowest BCUT2D eigenvalue weighted by molar-refractivity contribution is 0.0732. The van der Waals surface area contributed by atoms with Crippen LogP contribution in [0.5, 0.6) is 17.2 Å². The number of hydrogen-bond donors (Lipinski definition) is 2. The fraction of sp³-hybridized carbons (Fsp3) is 0.458. The van der Waals surface area contributed by atoms with Crippen LogP contribution >= 0.6 is 24.0 Å². The van der Waals surface area contributed by atoms with Crippen LogP contribution in [0.2, 0.25) is 0 Å². The Hall–Kier alpha value is -2.00. The van der Waals surface area contributed by atoms with Gasteiger partial charge in [-0.3, -0.25) is 4.99 Å². The van der Waals surface area contributed by atoms with E-state index in [1.54, 1.807) is 14.2 Å². The highest BCUT2D eigenvalue weighted by Gasteiger charge is 2.36. The summed E-state index contributed by atoms with van der Waals surface area (Å²) in [5.74, 6) is 3.02. The number of benzene rings is 2. The van der Waals surface area contributed by atoms with Gasteiger partial charge in [0.1, 0.15) is 5.75 Å². The second-order valence-electron chi connectivity index (χ2n) is 7.77. The summed E-state index contributed by atoms with van der Waals surface area (Å²) in [5.41, 5.74) is 1.51. The number of methoxy groups -OCH3 is 2. The summed E-state index contributed by atoms with van der Waals surface area (Å²) >= 11 is 0. The van der Waals surface area contributed by atoms with Gasteiger partial charge in [-0.1, -0.05) is 30.7 Å². The lowest BCUT2D eigenvalue weighted by atomic mass is 9.67. The summed E-state index contributed by atoms with van der Waals surface area (Å²) in [6.45, 7) is 2.44. The van der Waals surface area contributed by atoms with Crippen LogP contribution in [0.3, 0.4) is 0 Å². The first-order valence-electron chi connectivity index (χ1n) is 10.5. The SMILES string of the molecule is CN=C(NCc1ccc(Oc2ccccc2OC)cc1)NCC1(CCOC)CCC1.I. The summed E-state index contributed by atoms with van der Waals surface area (Å²) in [5, 5.41) is 6.89. The molecular weight excluding hydrogens is 505 g/mol. The van der Waals surface area contributed by atoms with Crippen molar-refractivity contribution >= 4 is 29.9 Å². The monoisotopic (exact) mass is 539 g/mol. The average Bonchev–Trinajstić information content (AvgIpc) is 2.76. The molecule has 31 heavy (non-hydrogen) atoms. The molecule has 1 fully saturated rings. The van der Waals surface area contributed by atoms with E-state index in [9.17, 15) is 0 Å². The van der Waals surface area contributed by atoms with Gasteiger partial charge < -0.3 is 24.8 Å². The maximum atomic E-state index is 5.94. The molecule has 0 bridgehead atoms. The van der Waals surface area contributed by atoms with Gasteiger partial charge in [-0.15, -0.1) is 24.0 Å². The van der Waals surface area contributed by atoms with Gasteiger partial charge in [0, 0.05) is 33.9 Å². The number of halogens is 1. The molecule has 0 atom stereocenters. The molecule has 1 aliphatic carbocycles. The first kappa shape index (κ1) is 25.3. The van der Waals surface area contributed by atoms with E-state index >= 15 is 0 Å². The number of para-hydroxylation sites is 2. The quantitative estimate of drug-likeness (QED) is 0.254. The van der Waals surface area contributed by atoms with Gasteiger partial charge in [-0.2, -0.15) is 0 Å². The van der Waals surface area contributed by atoms with Crippen molar-refractivity contribution in [3.05, 3.63) is 54.1 Å². The van der Waals surface area contributed by atoms with E-state index in [-0.39, 0.29) is 24.0 Å². The maximum Gasteiger partial charge on any atom is 0.191 e. The molecule has 0 heterocycles. The topological polar surface area (TPSA) is 64.1 Å². The van der Waals surface area contributed by atoms with Crippen molar-refractivity contribution in [2.75, 3.05) is 34.4 Å². The van der Waals surface area contributed by atoms with Gasteiger partial charge in [0.2, 0.25) is 0 Å². The van der Waals surface area contributed by atoms with Gasteiger partial charge in [0.15, 0.2) is 17.5 Å². The van der Waals surface area contributed by atoms with E-state index < -0.39 is 0 Å². The molecule has 0 radical (unpaired) electrons. The largest absolute Gasteiger partial charge is 0.493 e. The summed E-state index contributed by atoms with van der Waals surface area (Å²) in [6, 6.07) is 15.7. The number of hydrogen-bond acceptors (Lipinski definition) is 4. The van der Waals surface area contributed by atoms with Gasteiger partial charge >= 0.3 is 0 Å². The van der Waals surface area contributed by atoms with Crippen LogP contribution in [0.15, 0.2) is 53.5 Å². The Morgan fingerprint density at radius 2 is 1.71 bits per heavy atom. The Balaban J connectivity index is 0.00000341. The first-order valence-corrected chi connectivity index (χ1v) is 10.5. The Kier molecular flexibility index (Phi) is 10.4. The third-order valence-corrected chi connectivity index (χ3v) is 5.79. The van der Waals surface area contributed by atoms with Crippen LogP contribution in [0.4, 0.5) is 0 Å². The van der Waals surface area contributed by atoms with Gasteiger partial charge in [-0.25, -0.2) is 0 Å². The van der Waals surface area contributed by atoms with Crippen molar-refractivity contribution in [3.8, 4) is 17.2 Å². The average molecular weight is 539 g/mol. The normalized spacial score (nSPS) is 14.7. The van der Waals surface area contributed by atoms with Crippen molar-refractivity contribution in [2.24, 2.45) is 10.4 Å². The smallest absolute Gasteiger partial charge is 0.191 e. The molecule has 2 N–H and O–H groups in total. The lowest BCUT2D eigenvalue weighted by Gasteiger charge is -2.42. The predicted molar refractivity (Wildman–Crippen MR) is 136 cm³/mol. The molecule has 2 aromatic rings. The number of rotatable bonds is 10. The fourth-order valence-corrected chi connectivity index (χ4v) is 3.69. The molecule has 0 spiro atoms. The van der Waals surface area contributed by atoms with Crippen molar-refractivity contribution in [1.29, 1.82) is 0 Å². The number of nitrogens with one attached hydrogen (secondary N) is 2. The number of aliphatic imine (C=N–C) groups is 1. The van der Waals surface area contributed by atoms with Gasteiger partial charge in [-0.05, 0) is 54.5 Å². The minimum atomic E-state index is 0. The second-order valence-corrected chi connectivity index (χ2v) is 7.77. The van der Waals surface area contributed by atoms with Gasteiger partial charge in [0.25, 0.3) is 0 Å². The highest BCUT2D eigenvalue weighted by Crippen LogP contribution is 2.43. The zero-order valence-electron chi connectivity index (χ0n) is 18.6. The molecule has 1 saturated carbocycles. The van der Waals surface area contributed by atoms with Crippen LogP contribution < -0.4 is 20.1 Å². The van der Waals surface area contributed by atoms with Crippen molar-refractivity contribution < 1.29 is 14.2 Å². The maximum absolute atomic E-state index is 5.94. The molecule has 0 amide bonds. The van der Waals surface area contributed by atoms with E-state index in [1.165, 1.54) is 19.3 Å². The zero-order chi connectivity index (χ0) is 21.2. The molecule has 0 saturated heterocycles. The Bertz CT molecular complexity index is 823. The van der Waals surface area contributed by atoms with Crippen LogP contribution in [0.25, 0.3) is 0 Å². The first-order chi connectivity index (χ1) is 14.7. The van der Waals surface area contributed by atoms with Crippen LogP contribution in [0, 0.1) is 5.41 Å². The highest BCUT2D eigenvalue weighted by atomic mass is 127. The third-order valence-electron chi connectivity index (χ3n) is 5.79. The molecule has 0 aromatic heterocycles. The summed E-state index contributed by atoms with van der Waals surface area (Å²) < 4.78 is 16.6. The molecule has 0 unspecified atom stereocenters. The summed E-state index contributed by atoms with van der Waals surface area (Å²) in [6.07, 6.45) is 4.92. The standard InChI is InChI=1S/C24H33N3O3.HI/c1-25-23(27-18-24(13-6-14-24)15-16-28-2)26-17-19-9-11-20(12-10-19)30-22-8-5-4-7-21(22)29-3;/h4-5,7-12H,6,13-18H2,1-3H3,(H2,25,26,27);1H. The zero-order valence-corrected chi connectivity index (χ0v) is 21.0. The molecule has 2 aromatic carbocycles. The van der Waals surface area contributed by atoms with E-state index in [1.807, 2.05) is 43.4 Å². The number of guanidine groups is 1. The van der Waals surface area contributed by atoms with E-state index in [4.69, 9.17) is 14.2 Å². The lowest BCUT2D eigenvalue weighted by Crippen LogP contribution is -2.46. The van der Waals surface area contributed by atoms with Crippen molar-refractivity contribution in [3.63, 3.8) is 0 Å². The summed E-state index contributed by atoms with van der Waals surface area (Å²) in [4.78, 5) is 4.36. The van der Waals surface area contributed by atoms with Crippen LogP contribution in [0.1, 0.15) is 31.2 Å². The predicted octanol–water partition coefficient (Wildman–Crippen LogP) is 4.98. The Morgan fingerprint density at radius 1 is 1.00 bits per heavy atom. The molecule has 7 heteroatoms. The molecule has 0 aliphatic heterocycles. The minimum absolute atomic E-state index is 0. The molecule has 1 aliphatic rings. The fourth-order valence-electron chi connectivity index (χ4n) is 3.69. The highest BCUT2D eigenvalue weighted by molar-refractivity contribution is 14.0. The van der Waals surface area contributed by atoms with Crippen LogP contribution in [-0.4, -0.2) is 40.4 Å². The molecule has 3 rings (SSSR count). The Morgan fingerprint density at radius 3 is 2.29 bits per heavy atom. The number of ether oxygens (including phenoxy) is 3. The Labute approximate surface area is 202 Å². The van der Waals surface area contributed by atoms with Crippen molar-refractivity contribution in [1.82, 2.24) is 10.6 Å². The molecule has 6 nitrogen and oxygen atoms in total. The van der Waals surface area contributed by atoms with Gasteiger partial charge in [0.05, 0.1) is 7.11 Å². The third kappa shape index (κ3) is 7.28. The molecule has 170 valence electrons.